The van der Waals surface area contributed by atoms with Crippen molar-refractivity contribution in [2.24, 2.45) is 0 Å². The maximum absolute atomic E-state index is 12.8. The third kappa shape index (κ3) is 3.29. The zero-order chi connectivity index (χ0) is 19.7. The van der Waals surface area contributed by atoms with E-state index in [2.05, 4.69) is 28.3 Å². The Kier molecular flexibility index (Phi) is 5.37. The second kappa shape index (κ2) is 7.93. The number of H-pyrrole nitrogens is 2. The second-order valence-electron chi connectivity index (χ2n) is 7.41. The van der Waals surface area contributed by atoms with Crippen molar-refractivity contribution in [1.29, 1.82) is 0 Å². The molecule has 1 aromatic carbocycles. The number of aromatic hydroxyl groups is 1. The Morgan fingerprint density at radius 3 is 2.86 bits per heavy atom. The highest BCUT2D eigenvalue weighted by atomic mass is 32.1. The van der Waals surface area contributed by atoms with Gasteiger partial charge in [-0.3, -0.25) is 14.3 Å². The molecule has 148 valence electrons. The lowest BCUT2D eigenvalue weighted by molar-refractivity contribution is 0.380. The van der Waals surface area contributed by atoms with Gasteiger partial charge in [0.15, 0.2) is 4.77 Å². The maximum atomic E-state index is 12.8. The third-order valence-corrected chi connectivity index (χ3v) is 5.91. The number of unbranched alkanes of at least 4 members (excludes halogenated alkanes) is 3. The van der Waals surface area contributed by atoms with Gasteiger partial charge in [-0.2, -0.15) is 0 Å². The number of nitrogens with one attached hydrogen (secondary N) is 3. The molecule has 0 aliphatic carbocycles. The van der Waals surface area contributed by atoms with Gasteiger partial charge in [0.05, 0.1) is 6.04 Å². The van der Waals surface area contributed by atoms with Crippen molar-refractivity contribution in [2.75, 3.05) is 6.54 Å². The molecule has 0 amide bonds. The first-order valence-electron chi connectivity index (χ1n) is 10.0. The van der Waals surface area contributed by atoms with Crippen LogP contribution < -0.4 is 10.9 Å². The number of rotatable bonds is 6. The number of hydrogen-bond acceptors (Lipinski definition) is 4. The minimum Gasteiger partial charge on any atom is -0.494 e. The lowest BCUT2D eigenvalue weighted by atomic mass is 9.95. The van der Waals surface area contributed by atoms with E-state index in [1.54, 1.807) is 4.57 Å². The maximum Gasteiger partial charge on any atom is 0.260 e. The Bertz CT molecular complexity index is 1110. The first-order valence-corrected chi connectivity index (χ1v) is 10.4. The van der Waals surface area contributed by atoms with Crippen molar-refractivity contribution in [1.82, 2.24) is 19.9 Å². The van der Waals surface area contributed by atoms with Gasteiger partial charge in [0.2, 0.25) is 5.88 Å². The molecular formula is C21H26N4O2S. The number of fused-ring (bicyclic) bond motifs is 3. The molecule has 28 heavy (non-hydrogen) atoms. The predicted molar refractivity (Wildman–Crippen MR) is 114 cm³/mol. The Morgan fingerprint density at radius 1 is 1.21 bits per heavy atom. The summed E-state index contributed by atoms with van der Waals surface area (Å²) in [5.74, 6) is -0.0331. The highest BCUT2D eigenvalue weighted by Gasteiger charge is 2.30. The van der Waals surface area contributed by atoms with E-state index in [-0.39, 0.29) is 16.2 Å². The normalized spacial score (nSPS) is 16.4. The quantitative estimate of drug-likeness (QED) is 0.375. The molecule has 4 N–H and O–H groups in total. The van der Waals surface area contributed by atoms with Crippen LogP contribution in [0.4, 0.5) is 0 Å². The van der Waals surface area contributed by atoms with E-state index in [4.69, 9.17) is 12.2 Å². The monoisotopic (exact) mass is 398 g/mol. The lowest BCUT2D eigenvalue weighted by Gasteiger charge is -2.25. The molecule has 0 radical (unpaired) electrons. The molecule has 2 aromatic heterocycles. The summed E-state index contributed by atoms with van der Waals surface area (Å²) in [6.07, 6.45) is 5.15. The van der Waals surface area contributed by atoms with Gasteiger partial charge in [-0.15, -0.1) is 0 Å². The van der Waals surface area contributed by atoms with Gasteiger partial charge in [0, 0.05) is 29.7 Å². The number of aromatic amines is 2. The summed E-state index contributed by atoms with van der Waals surface area (Å²) in [5, 5.41) is 15.6. The molecule has 0 bridgehead atoms. The Morgan fingerprint density at radius 2 is 2.04 bits per heavy atom. The summed E-state index contributed by atoms with van der Waals surface area (Å²) in [4.78, 5) is 19.0. The number of aromatic nitrogens is 3. The summed E-state index contributed by atoms with van der Waals surface area (Å²) < 4.78 is 1.93. The molecule has 4 rings (SSSR count). The smallest absolute Gasteiger partial charge is 0.260 e. The van der Waals surface area contributed by atoms with Crippen LogP contribution in [-0.4, -0.2) is 26.2 Å². The topological polar surface area (TPSA) is 85.8 Å². The van der Waals surface area contributed by atoms with E-state index in [1.807, 2.05) is 18.2 Å². The van der Waals surface area contributed by atoms with E-state index >= 15 is 0 Å². The van der Waals surface area contributed by atoms with Crippen LogP contribution in [0.5, 0.6) is 5.88 Å². The van der Waals surface area contributed by atoms with Gasteiger partial charge in [-0.1, -0.05) is 44.4 Å². The molecular weight excluding hydrogens is 372 g/mol. The minimum absolute atomic E-state index is 0.0331. The average molecular weight is 399 g/mol. The fourth-order valence-corrected chi connectivity index (χ4v) is 4.44. The Hall–Kier alpha value is -2.38. The predicted octanol–water partition coefficient (Wildman–Crippen LogP) is 3.91. The Balaban J connectivity index is 1.78. The molecule has 1 aliphatic heterocycles. The van der Waals surface area contributed by atoms with Gasteiger partial charge >= 0.3 is 0 Å². The van der Waals surface area contributed by atoms with Crippen molar-refractivity contribution >= 4 is 23.1 Å². The van der Waals surface area contributed by atoms with Crippen molar-refractivity contribution in [2.45, 2.75) is 51.6 Å². The molecule has 0 fully saturated rings. The standard InChI is InChI=1S/C21H26N4O2S/c1-2-3-4-7-12-25-20(27)16(19(26)24-21(25)28)18-17-14(10-11-22-18)13-8-5-6-9-15(13)23-17/h5-6,8-9,18,22-23,27H,2-4,7,10-12H2,1H3,(H,24,26,28). The highest BCUT2D eigenvalue weighted by Crippen LogP contribution is 2.35. The summed E-state index contributed by atoms with van der Waals surface area (Å²) in [7, 11) is 0. The van der Waals surface area contributed by atoms with Crippen molar-refractivity contribution in [3.63, 3.8) is 0 Å². The molecule has 6 nitrogen and oxygen atoms in total. The molecule has 0 saturated heterocycles. The van der Waals surface area contributed by atoms with Gasteiger partial charge in [0.1, 0.15) is 5.56 Å². The fraction of sp³-hybridized carbons (Fsp3) is 0.429. The van der Waals surface area contributed by atoms with Crippen molar-refractivity contribution in [3.05, 3.63) is 56.2 Å². The summed E-state index contributed by atoms with van der Waals surface area (Å²) in [6, 6.07) is 7.76. The number of para-hydroxylation sites is 1. The van der Waals surface area contributed by atoms with Crippen LogP contribution in [0.1, 0.15) is 55.5 Å². The van der Waals surface area contributed by atoms with Gasteiger partial charge in [0.25, 0.3) is 5.56 Å². The van der Waals surface area contributed by atoms with Crippen LogP contribution >= 0.6 is 12.2 Å². The first kappa shape index (κ1) is 19.0. The molecule has 1 atom stereocenters. The third-order valence-electron chi connectivity index (χ3n) is 5.59. The minimum atomic E-state index is -0.391. The molecule has 1 aliphatic rings. The first-order chi connectivity index (χ1) is 13.6. The summed E-state index contributed by atoms with van der Waals surface area (Å²) in [5.41, 5.74) is 3.19. The molecule has 7 heteroatoms. The fourth-order valence-electron chi connectivity index (χ4n) is 4.17. The Labute approximate surface area is 168 Å². The van der Waals surface area contributed by atoms with Crippen LogP contribution in [0, 0.1) is 4.77 Å². The molecule has 3 heterocycles. The largest absolute Gasteiger partial charge is 0.494 e. The number of benzene rings is 1. The SMILES string of the molecule is CCCCCCn1c(O)c(C2NCCc3c2[nH]c2ccccc32)c(=O)[nH]c1=S. The highest BCUT2D eigenvalue weighted by molar-refractivity contribution is 7.71. The molecule has 0 saturated carbocycles. The number of hydrogen-bond donors (Lipinski definition) is 4. The van der Waals surface area contributed by atoms with Crippen molar-refractivity contribution < 1.29 is 5.11 Å². The van der Waals surface area contributed by atoms with Crippen LogP contribution in [0.25, 0.3) is 10.9 Å². The van der Waals surface area contributed by atoms with Crippen LogP contribution in [0.3, 0.4) is 0 Å². The van der Waals surface area contributed by atoms with Gasteiger partial charge in [-0.05, 0) is 36.7 Å². The van der Waals surface area contributed by atoms with E-state index in [0.29, 0.717) is 12.1 Å². The van der Waals surface area contributed by atoms with E-state index < -0.39 is 6.04 Å². The van der Waals surface area contributed by atoms with Gasteiger partial charge in [-0.25, -0.2) is 0 Å². The zero-order valence-electron chi connectivity index (χ0n) is 16.0. The van der Waals surface area contributed by atoms with E-state index in [9.17, 15) is 9.90 Å². The van der Waals surface area contributed by atoms with E-state index in [0.717, 1.165) is 49.9 Å². The van der Waals surface area contributed by atoms with Crippen LogP contribution in [0.2, 0.25) is 0 Å². The summed E-state index contributed by atoms with van der Waals surface area (Å²) in [6.45, 7) is 3.50. The van der Waals surface area contributed by atoms with Gasteiger partial charge < -0.3 is 15.4 Å². The lowest BCUT2D eigenvalue weighted by Crippen LogP contribution is -2.35. The van der Waals surface area contributed by atoms with Crippen LogP contribution in [-0.2, 0) is 13.0 Å². The average Bonchev–Trinajstić information content (AvgIpc) is 3.07. The van der Waals surface area contributed by atoms with E-state index in [1.165, 1.54) is 10.9 Å². The molecule has 0 spiro atoms. The zero-order valence-corrected chi connectivity index (χ0v) is 16.9. The summed E-state index contributed by atoms with van der Waals surface area (Å²) >= 11 is 5.32. The number of nitrogens with zero attached hydrogens (tertiary/aromatic N) is 1. The van der Waals surface area contributed by atoms with Crippen molar-refractivity contribution in [3.8, 4) is 5.88 Å². The van der Waals surface area contributed by atoms with Crippen LogP contribution in [0.15, 0.2) is 29.1 Å². The second-order valence-corrected chi connectivity index (χ2v) is 7.80. The molecule has 3 aromatic rings. The molecule has 1 unspecified atom stereocenters.